The smallest absolute Gasteiger partial charge is 0.246 e. The van der Waals surface area contributed by atoms with Crippen LogP contribution in [0.5, 0.6) is 0 Å². The lowest BCUT2D eigenvalue weighted by Crippen LogP contribution is -2.15. The van der Waals surface area contributed by atoms with Crippen molar-refractivity contribution in [3.63, 3.8) is 0 Å². The monoisotopic (exact) mass is 202 g/mol. The van der Waals surface area contributed by atoms with Crippen LogP contribution in [0.15, 0.2) is 35.6 Å². The molecule has 0 atom stereocenters. The molecule has 0 radical (unpaired) electrons. The highest BCUT2D eigenvalue weighted by molar-refractivity contribution is 5.93. The van der Waals surface area contributed by atoms with Crippen LogP contribution in [0.25, 0.3) is 11.0 Å². The van der Waals surface area contributed by atoms with Gasteiger partial charge in [0.1, 0.15) is 6.54 Å². The number of aliphatic imine (C=N–C) groups is 1. The lowest BCUT2D eigenvalue weighted by molar-refractivity contribution is -0.117. The maximum absolute atomic E-state index is 10.0. The zero-order valence-corrected chi connectivity index (χ0v) is 7.97. The molecule has 3 rings (SSSR count). The molecule has 1 aliphatic rings. The number of benzene rings is 1. The van der Waals surface area contributed by atoms with Crippen molar-refractivity contribution in [2.24, 2.45) is 4.99 Å². The second kappa shape index (κ2) is 4.36. The fraction of sp³-hybridized carbons (Fsp3) is 0.100. The largest absolute Gasteiger partial charge is 0.345 e. The Morgan fingerprint density at radius 1 is 1.27 bits per heavy atom. The topological polar surface area (TPSA) is 70.1 Å². The van der Waals surface area contributed by atoms with Gasteiger partial charge in [0, 0.05) is 0 Å². The first-order valence-corrected chi connectivity index (χ1v) is 4.52. The normalized spacial score (nSPS) is 13.5. The van der Waals surface area contributed by atoms with Gasteiger partial charge in [-0.25, -0.2) is 4.98 Å². The van der Waals surface area contributed by atoms with Crippen molar-refractivity contribution in [3.8, 4) is 0 Å². The van der Waals surface area contributed by atoms with Crippen molar-refractivity contribution in [2.75, 3.05) is 6.54 Å². The lowest BCUT2D eigenvalue weighted by Gasteiger charge is -1.81. The van der Waals surface area contributed by atoms with Crippen molar-refractivity contribution in [1.82, 2.24) is 15.3 Å². The highest BCUT2D eigenvalue weighted by Gasteiger charge is 1.98. The van der Waals surface area contributed by atoms with Crippen LogP contribution in [-0.2, 0) is 4.79 Å². The molecule has 0 saturated carbocycles. The van der Waals surface area contributed by atoms with Gasteiger partial charge < -0.3 is 10.3 Å². The number of imidazole rings is 1. The number of carbonyl (C=O) groups excluding carboxylic acids is 1. The fourth-order valence-electron chi connectivity index (χ4n) is 1.17. The Kier molecular flexibility index (Phi) is 2.73. The van der Waals surface area contributed by atoms with E-state index < -0.39 is 0 Å². The van der Waals surface area contributed by atoms with Gasteiger partial charge in [0.15, 0.2) is 0 Å². The third-order valence-electron chi connectivity index (χ3n) is 1.88. The summed E-state index contributed by atoms with van der Waals surface area (Å²) in [5, 5.41) is 2.39. The van der Waals surface area contributed by atoms with Gasteiger partial charge in [-0.15, -0.1) is 0 Å². The highest BCUT2D eigenvalue weighted by Crippen LogP contribution is 2.05. The number of fused-ring (bicyclic) bond motifs is 1. The van der Waals surface area contributed by atoms with Gasteiger partial charge >= 0.3 is 0 Å². The quantitative estimate of drug-likeness (QED) is 0.660. The van der Waals surface area contributed by atoms with E-state index in [1.165, 1.54) is 6.34 Å². The van der Waals surface area contributed by atoms with Crippen molar-refractivity contribution in [3.05, 3.63) is 30.6 Å². The van der Waals surface area contributed by atoms with E-state index in [1.54, 1.807) is 6.33 Å². The van der Waals surface area contributed by atoms with E-state index in [0.29, 0.717) is 6.54 Å². The van der Waals surface area contributed by atoms with Crippen molar-refractivity contribution in [2.45, 2.75) is 0 Å². The molecular weight excluding hydrogens is 192 g/mol. The van der Waals surface area contributed by atoms with Gasteiger partial charge in [-0.2, -0.15) is 0 Å². The molecule has 2 aromatic rings. The molecule has 15 heavy (non-hydrogen) atoms. The van der Waals surface area contributed by atoms with E-state index >= 15 is 0 Å². The maximum atomic E-state index is 10.0. The molecule has 0 spiro atoms. The summed E-state index contributed by atoms with van der Waals surface area (Å²) in [7, 11) is 0. The first kappa shape index (κ1) is 9.39. The Bertz CT molecular complexity index is 449. The Labute approximate surface area is 86.2 Å². The summed E-state index contributed by atoms with van der Waals surface area (Å²) in [5.41, 5.74) is 2.12. The fourth-order valence-corrected chi connectivity index (χ4v) is 1.17. The van der Waals surface area contributed by atoms with E-state index in [4.69, 9.17) is 0 Å². The van der Waals surface area contributed by atoms with Gasteiger partial charge in [0.25, 0.3) is 0 Å². The number of hydrogen-bond donors (Lipinski definition) is 2. The molecule has 0 aliphatic carbocycles. The van der Waals surface area contributed by atoms with Gasteiger partial charge in [-0.05, 0) is 12.1 Å². The van der Waals surface area contributed by atoms with Gasteiger partial charge in [0.2, 0.25) is 5.91 Å². The summed E-state index contributed by atoms with van der Waals surface area (Å²) in [6, 6.07) is 7.94. The maximum Gasteiger partial charge on any atom is 0.246 e. The third kappa shape index (κ3) is 2.40. The molecule has 0 unspecified atom stereocenters. The molecule has 0 saturated heterocycles. The minimum Gasteiger partial charge on any atom is -0.345 e. The van der Waals surface area contributed by atoms with E-state index in [2.05, 4.69) is 20.3 Å². The molecule has 1 aliphatic heterocycles. The van der Waals surface area contributed by atoms with Crippen molar-refractivity contribution in [1.29, 1.82) is 0 Å². The van der Waals surface area contributed by atoms with E-state index in [-0.39, 0.29) is 5.91 Å². The van der Waals surface area contributed by atoms with Gasteiger partial charge in [-0.3, -0.25) is 9.79 Å². The van der Waals surface area contributed by atoms with E-state index in [9.17, 15) is 4.79 Å². The third-order valence-corrected chi connectivity index (χ3v) is 1.88. The molecular formula is C10H10N4O. The SMILES string of the molecule is O=C1CN=CN1.c1ccc2[nH]cnc2c1. The van der Waals surface area contributed by atoms with Crippen LogP contribution in [0, 0.1) is 0 Å². The van der Waals surface area contributed by atoms with Crippen molar-refractivity contribution < 1.29 is 4.79 Å². The molecule has 2 heterocycles. The number of aromatic amines is 1. The highest BCUT2D eigenvalue weighted by atomic mass is 16.2. The molecule has 76 valence electrons. The summed E-state index contributed by atoms with van der Waals surface area (Å²) in [6.07, 6.45) is 3.10. The number of aromatic nitrogens is 2. The summed E-state index contributed by atoms with van der Waals surface area (Å²) >= 11 is 0. The van der Waals surface area contributed by atoms with Crippen LogP contribution in [0.4, 0.5) is 0 Å². The molecule has 2 N–H and O–H groups in total. The van der Waals surface area contributed by atoms with E-state index in [0.717, 1.165) is 11.0 Å². The lowest BCUT2D eigenvalue weighted by atomic mass is 10.3. The summed E-state index contributed by atoms with van der Waals surface area (Å²) in [4.78, 5) is 20.7. The van der Waals surface area contributed by atoms with Crippen molar-refractivity contribution >= 4 is 23.3 Å². The molecule has 5 nitrogen and oxygen atoms in total. The zero-order chi connectivity index (χ0) is 10.5. The van der Waals surface area contributed by atoms with Crippen LogP contribution in [0.1, 0.15) is 0 Å². The van der Waals surface area contributed by atoms with E-state index in [1.807, 2.05) is 24.3 Å². The van der Waals surface area contributed by atoms with Gasteiger partial charge in [-0.1, -0.05) is 12.1 Å². The average molecular weight is 202 g/mol. The molecule has 5 heteroatoms. The summed E-state index contributed by atoms with van der Waals surface area (Å²) in [5.74, 6) is -0.0185. The van der Waals surface area contributed by atoms with Gasteiger partial charge in [0.05, 0.1) is 23.7 Å². The van der Waals surface area contributed by atoms with Crippen LogP contribution >= 0.6 is 0 Å². The Morgan fingerprint density at radius 2 is 2.13 bits per heavy atom. The number of para-hydroxylation sites is 2. The van der Waals surface area contributed by atoms with Crippen LogP contribution in [0.2, 0.25) is 0 Å². The van der Waals surface area contributed by atoms with Crippen LogP contribution in [0.3, 0.4) is 0 Å². The number of nitrogens with zero attached hydrogens (tertiary/aromatic N) is 2. The molecule has 1 aromatic carbocycles. The number of amides is 1. The first-order valence-electron chi connectivity index (χ1n) is 4.52. The Morgan fingerprint density at radius 3 is 2.73 bits per heavy atom. The predicted octanol–water partition coefficient (Wildman–Crippen LogP) is 0.707. The predicted molar refractivity (Wildman–Crippen MR) is 57.6 cm³/mol. The minimum absolute atomic E-state index is 0.0185. The minimum atomic E-state index is -0.0185. The Hall–Kier alpha value is -2.17. The summed E-state index contributed by atoms with van der Waals surface area (Å²) in [6.45, 7) is 0.306. The standard InChI is InChI=1S/C7H6N2.C3H4N2O/c1-2-4-7-6(3-1)8-5-9-7;6-3-1-4-2-5-3/h1-5H,(H,8,9);2H,1H2,(H,4,5,6). The zero-order valence-electron chi connectivity index (χ0n) is 7.97. The number of rotatable bonds is 0. The number of hydrogen-bond acceptors (Lipinski definition) is 3. The Balaban J connectivity index is 0.000000124. The molecule has 1 aromatic heterocycles. The number of carbonyl (C=O) groups is 1. The molecule has 0 bridgehead atoms. The number of H-pyrrole nitrogens is 1. The second-order valence-electron chi connectivity index (χ2n) is 2.96. The summed E-state index contributed by atoms with van der Waals surface area (Å²) < 4.78 is 0. The molecule has 0 fully saturated rings. The first-order chi connectivity index (χ1) is 7.36. The van der Waals surface area contributed by atoms with Crippen LogP contribution < -0.4 is 5.32 Å². The number of nitrogens with one attached hydrogen (secondary N) is 2. The van der Waals surface area contributed by atoms with Crippen LogP contribution in [-0.4, -0.2) is 28.8 Å². The average Bonchev–Trinajstić information content (AvgIpc) is 2.88. The second-order valence-corrected chi connectivity index (χ2v) is 2.96. The molecule has 1 amide bonds.